The number of nitrogens with zero attached hydrogens (tertiary/aromatic N) is 1. The summed E-state index contributed by atoms with van der Waals surface area (Å²) in [6.07, 6.45) is -1.31. The Bertz CT molecular complexity index is 526. The predicted molar refractivity (Wildman–Crippen MR) is 91.5 cm³/mol. The second-order valence-electron chi connectivity index (χ2n) is 6.54. The van der Waals surface area contributed by atoms with Crippen LogP contribution in [-0.2, 0) is 16.1 Å². The highest BCUT2D eigenvalue weighted by atomic mass is 16.6. The van der Waals surface area contributed by atoms with Crippen LogP contribution in [-0.4, -0.2) is 49.5 Å². The molecule has 7 heteroatoms. The van der Waals surface area contributed by atoms with Crippen LogP contribution in [0.2, 0.25) is 0 Å². The fourth-order valence-electron chi connectivity index (χ4n) is 1.72. The van der Waals surface area contributed by atoms with Crippen LogP contribution in [0, 0.1) is 0 Å². The van der Waals surface area contributed by atoms with Crippen molar-refractivity contribution in [2.75, 3.05) is 20.7 Å². The lowest BCUT2D eigenvalue weighted by molar-refractivity contribution is 0.0407. The lowest BCUT2D eigenvalue weighted by Gasteiger charge is -2.25. The maximum Gasteiger partial charge on any atom is 0.409 e. The molecule has 0 saturated carbocycles. The first-order chi connectivity index (χ1) is 11.2. The first-order valence-electron chi connectivity index (χ1n) is 7.76. The van der Waals surface area contributed by atoms with Crippen molar-refractivity contribution in [2.45, 2.75) is 39.1 Å². The van der Waals surface area contributed by atoms with Crippen molar-refractivity contribution in [1.29, 1.82) is 0 Å². The van der Waals surface area contributed by atoms with Crippen LogP contribution in [0.1, 0.15) is 26.3 Å². The van der Waals surface area contributed by atoms with Crippen molar-refractivity contribution in [1.82, 2.24) is 15.5 Å². The van der Waals surface area contributed by atoms with Gasteiger partial charge < -0.3 is 19.7 Å². The molecular weight excluding hydrogens is 310 g/mol. The number of benzene rings is 1. The summed E-state index contributed by atoms with van der Waals surface area (Å²) in [7, 11) is 3.23. The van der Waals surface area contributed by atoms with Gasteiger partial charge in [0.15, 0.2) is 0 Å². The van der Waals surface area contributed by atoms with E-state index in [4.69, 9.17) is 9.47 Å². The lowest BCUT2D eigenvalue weighted by Crippen LogP contribution is -2.54. The third kappa shape index (κ3) is 8.38. The van der Waals surface area contributed by atoms with E-state index in [0.29, 0.717) is 6.61 Å². The third-order valence-corrected chi connectivity index (χ3v) is 2.79. The standard InChI is InChI=1S/C17H27N3O4/c1-17(2,3)24-16(22)19-14(18-15(21)20(4)5)12-23-11-13-9-7-6-8-10-13/h6-10,14H,11-12H2,1-5H3,(H,18,21)(H,19,22). The van der Waals surface area contributed by atoms with Gasteiger partial charge in [-0.05, 0) is 26.3 Å². The molecule has 0 bridgehead atoms. The Morgan fingerprint density at radius 2 is 1.75 bits per heavy atom. The van der Waals surface area contributed by atoms with E-state index in [1.54, 1.807) is 34.9 Å². The van der Waals surface area contributed by atoms with Gasteiger partial charge in [0.05, 0.1) is 13.2 Å². The molecule has 1 rings (SSSR count). The number of carbonyl (C=O) groups excluding carboxylic acids is 2. The van der Waals surface area contributed by atoms with Crippen LogP contribution in [0.4, 0.5) is 9.59 Å². The van der Waals surface area contributed by atoms with Gasteiger partial charge in [0.2, 0.25) is 0 Å². The summed E-state index contributed by atoms with van der Waals surface area (Å²) in [6, 6.07) is 9.31. The summed E-state index contributed by atoms with van der Waals surface area (Å²) in [5.74, 6) is 0. The molecule has 1 unspecified atom stereocenters. The Balaban J connectivity index is 2.56. The number of ether oxygens (including phenoxy) is 2. The van der Waals surface area contributed by atoms with E-state index in [1.165, 1.54) is 4.90 Å². The van der Waals surface area contributed by atoms with Gasteiger partial charge in [-0.1, -0.05) is 30.3 Å². The lowest BCUT2D eigenvalue weighted by atomic mass is 10.2. The summed E-state index contributed by atoms with van der Waals surface area (Å²) >= 11 is 0. The Morgan fingerprint density at radius 1 is 1.12 bits per heavy atom. The number of urea groups is 1. The second-order valence-corrected chi connectivity index (χ2v) is 6.54. The van der Waals surface area contributed by atoms with Gasteiger partial charge in [-0.2, -0.15) is 0 Å². The monoisotopic (exact) mass is 337 g/mol. The zero-order chi connectivity index (χ0) is 18.2. The van der Waals surface area contributed by atoms with E-state index >= 15 is 0 Å². The van der Waals surface area contributed by atoms with E-state index in [2.05, 4.69) is 10.6 Å². The highest BCUT2D eigenvalue weighted by molar-refractivity contribution is 5.75. The quantitative estimate of drug-likeness (QED) is 0.781. The van der Waals surface area contributed by atoms with E-state index in [1.807, 2.05) is 30.3 Å². The SMILES string of the molecule is CN(C)C(=O)NC(COCc1ccccc1)NC(=O)OC(C)(C)C. The maximum absolute atomic E-state index is 11.9. The summed E-state index contributed by atoms with van der Waals surface area (Å²) in [4.78, 5) is 25.1. The largest absolute Gasteiger partial charge is 0.444 e. The normalized spacial score (nSPS) is 12.2. The van der Waals surface area contributed by atoms with Crippen LogP contribution in [0.3, 0.4) is 0 Å². The van der Waals surface area contributed by atoms with Crippen molar-refractivity contribution in [3.63, 3.8) is 0 Å². The Kier molecular flexibility index (Phi) is 7.51. The van der Waals surface area contributed by atoms with Gasteiger partial charge in [-0.15, -0.1) is 0 Å². The van der Waals surface area contributed by atoms with Gasteiger partial charge in [0, 0.05) is 14.1 Å². The van der Waals surface area contributed by atoms with E-state index in [9.17, 15) is 9.59 Å². The van der Waals surface area contributed by atoms with Gasteiger partial charge in [-0.25, -0.2) is 9.59 Å². The van der Waals surface area contributed by atoms with Gasteiger partial charge >= 0.3 is 12.1 Å². The fourth-order valence-corrected chi connectivity index (χ4v) is 1.72. The molecule has 0 fully saturated rings. The summed E-state index contributed by atoms with van der Waals surface area (Å²) in [5, 5.41) is 5.27. The summed E-state index contributed by atoms with van der Waals surface area (Å²) < 4.78 is 10.8. The highest BCUT2D eigenvalue weighted by Gasteiger charge is 2.21. The topological polar surface area (TPSA) is 79.9 Å². The second kappa shape index (κ2) is 9.12. The molecule has 0 aliphatic carbocycles. The van der Waals surface area contributed by atoms with Gasteiger partial charge in [-0.3, -0.25) is 5.32 Å². The highest BCUT2D eigenvalue weighted by Crippen LogP contribution is 2.07. The average Bonchev–Trinajstić information content (AvgIpc) is 2.46. The molecule has 2 N–H and O–H groups in total. The molecule has 0 aliphatic heterocycles. The molecule has 0 aliphatic rings. The molecule has 0 aromatic heterocycles. The van der Waals surface area contributed by atoms with Crippen molar-refractivity contribution in [2.24, 2.45) is 0 Å². The van der Waals surface area contributed by atoms with Crippen molar-refractivity contribution in [3.8, 4) is 0 Å². The first-order valence-corrected chi connectivity index (χ1v) is 7.76. The Morgan fingerprint density at radius 3 is 2.29 bits per heavy atom. The molecule has 0 heterocycles. The number of hydrogen-bond donors (Lipinski definition) is 2. The summed E-state index contributed by atoms with van der Waals surface area (Å²) in [5.41, 5.74) is 0.387. The van der Waals surface area contributed by atoms with Gasteiger partial charge in [0.1, 0.15) is 11.8 Å². The molecule has 1 aromatic carbocycles. The van der Waals surface area contributed by atoms with Crippen LogP contribution in [0.5, 0.6) is 0 Å². The minimum Gasteiger partial charge on any atom is -0.444 e. The van der Waals surface area contributed by atoms with Crippen LogP contribution in [0.15, 0.2) is 30.3 Å². The zero-order valence-electron chi connectivity index (χ0n) is 15.0. The van der Waals surface area contributed by atoms with E-state index in [-0.39, 0.29) is 12.6 Å². The van der Waals surface area contributed by atoms with Gasteiger partial charge in [0.25, 0.3) is 0 Å². The summed E-state index contributed by atoms with van der Waals surface area (Å²) in [6.45, 7) is 5.81. The number of hydrogen-bond acceptors (Lipinski definition) is 4. The Labute approximate surface area is 143 Å². The number of rotatable bonds is 6. The number of amides is 3. The van der Waals surface area contributed by atoms with Crippen LogP contribution >= 0.6 is 0 Å². The smallest absolute Gasteiger partial charge is 0.409 e. The van der Waals surface area contributed by atoms with Crippen molar-refractivity contribution in [3.05, 3.63) is 35.9 Å². The molecule has 0 radical (unpaired) electrons. The molecule has 1 atom stereocenters. The minimum absolute atomic E-state index is 0.119. The molecule has 24 heavy (non-hydrogen) atoms. The third-order valence-electron chi connectivity index (χ3n) is 2.79. The van der Waals surface area contributed by atoms with Crippen LogP contribution < -0.4 is 10.6 Å². The Hall–Kier alpha value is -2.28. The average molecular weight is 337 g/mol. The van der Waals surface area contributed by atoms with E-state index in [0.717, 1.165) is 5.56 Å². The maximum atomic E-state index is 11.9. The molecule has 0 saturated heterocycles. The predicted octanol–water partition coefficient (Wildman–Crippen LogP) is 2.33. The molecule has 134 valence electrons. The van der Waals surface area contributed by atoms with E-state index < -0.39 is 17.9 Å². The fraction of sp³-hybridized carbons (Fsp3) is 0.529. The number of carbonyl (C=O) groups is 2. The molecule has 0 spiro atoms. The number of nitrogens with one attached hydrogen (secondary N) is 2. The molecule has 1 aromatic rings. The van der Waals surface area contributed by atoms with Crippen molar-refractivity contribution >= 4 is 12.1 Å². The molecule has 7 nitrogen and oxygen atoms in total. The molecule has 3 amide bonds. The van der Waals surface area contributed by atoms with Crippen molar-refractivity contribution < 1.29 is 19.1 Å². The first kappa shape index (κ1) is 19.8. The zero-order valence-corrected chi connectivity index (χ0v) is 15.0. The van der Waals surface area contributed by atoms with Crippen LogP contribution in [0.25, 0.3) is 0 Å². The molecular formula is C17H27N3O4. The number of alkyl carbamates (subject to hydrolysis) is 1. The minimum atomic E-state index is -0.696.